The molecule has 1 aliphatic rings. The Hall–Kier alpha value is -2.15. The molecule has 1 fully saturated rings. The Kier molecular flexibility index (Phi) is 4.19. The minimum absolute atomic E-state index is 0.103. The molecule has 1 atom stereocenters. The number of hydrogen-bond acceptors (Lipinski definition) is 5. The predicted octanol–water partition coefficient (Wildman–Crippen LogP) is 1.64. The van der Waals surface area contributed by atoms with E-state index in [-0.39, 0.29) is 23.9 Å². The fraction of sp³-hybridized carbons (Fsp3) is 0.462. The van der Waals surface area contributed by atoms with Crippen molar-refractivity contribution in [2.75, 3.05) is 18.1 Å². The number of anilines is 1. The highest BCUT2D eigenvalue weighted by Gasteiger charge is 2.31. The van der Waals surface area contributed by atoms with Gasteiger partial charge in [-0.2, -0.15) is 0 Å². The number of nitro groups is 1. The summed E-state index contributed by atoms with van der Waals surface area (Å²) in [5.41, 5.74) is -0.455. The number of para-hydroxylation sites is 1. The lowest BCUT2D eigenvalue weighted by Gasteiger charge is -2.36. The van der Waals surface area contributed by atoms with E-state index >= 15 is 0 Å². The second-order valence-electron chi connectivity index (χ2n) is 4.76. The number of carboxylic acids is 1. The largest absolute Gasteiger partial charge is 0.477 e. The third-order valence-electron chi connectivity index (χ3n) is 3.58. The van der Waals surface area contributed by atoms with E-state index in [0.29, 0.717) is 6.54 Å². The van der Waals surface area contributed by atoms with E-state index in [1.54, 1.807) is 11.0 Å². The van der Waals surface area contributed by atoms with Crippen LogP contribution < -0.4 is 4.90 Å². The average molecular weight is 280 g/mol. The molecular weight excluding hydrogens is 264 g/mol. The van der Waals surface area contributed by atoms with Gasteiger partial charge in [-0.3, -0.25) is 10.1 Å². The van der Waals surface area contributed by atoms with Gasteiger partial charge < -0.3 is 15.1 Å². The minimum atomic E-state index is -1.32. The Morgan fingerprint density at radius 2 is 2.20 bits per heavy atom. The zero-order chi connectivity index (χ0) is 14.7. The summed E-state index contributed by atoms with van der Waals surface area (Å²) in [7, 11) is 0. The van der Waals surface area contributed by atoms with Gasteiger partial charge in [0.15, 0.2) is 0 Å². The smallest absolute Gasteiger partial charge is 0.342 e. The molecule has 7 nitrogen and oxygen atoms in total. The van der Waals surface area contributed by atoms with Crippen molar-refractivity contribution in [2.45, 2.75) is 25.3 Å². The van der Waals surface area contributed by atoms with Crippen LogP contribution in [0.5, 0.6) is 0 Å². The third-order valence-corrected chi connectivity index (χ3v) is 3.58. The summed E-state index contributed by atoms with van der Waals surface area (Å²) >= 11 is 0. The van der Waals surface area contributed by atoms with E-state index in [9.17, 15) is 20.0 Å². The van der Waals surface area contributed by atoms with Gasteiger partial charge in [-0.1, -0.05) is 6.07 Å². The fourth-order valence-corrected chi connectivity index (χ4v) is 2.64. The van der Waals surface area contributed by atoms with Gasteiger partial charge >= 0.3 is 11.7 Å². The maximum absolute atomic E-state index is 11.2. The molecule has 0 saturated carbocycles. The van der Waals surface area contributed by atoms with Crippen molar-refractivity contribution in [3.8, 4) is 0 Å². The average Bonchev–Trinajstić information content (AvgIpc) is 2.46. The van der Waals surface area contributed by atoms with Gasteiger partial charge in [0.05, 0.1) is 17.6 Å². The number of aliphatic hydroxyl groups is 1. The summed E-state index contributed by atoms with van der Waals surface area (Å²) in [5, 5.41) is 29.7. The van der Waals surface area contributed by atoms with E-state index in [1.165, 1.54) is 12.1 Å². The minimum Gasteiger partial charge on any atom is -0.477 e. The van der Waals surface area contributed by atoms with Gasteiger partial charge in [-0.25, -0.2) is 4.79 Å². The Bertz CT molecular complexity index is 531. The van der Waals surface area contributed by atoms with Crippen LogP contribution in [0.25, 0.3) is 0 Å². The quantitative estimate of drug-likeness (QED) is 0.642. The molecule has 2 rings (SSSR count). The van der Waals surface area contributed by atoms with Crippen molar-refractivity contribution < 1.29 is 19.9 Å². The number of aliphatic hydroxyl groups excluding tert-OH is 1. The highest BCUT2D eigenvalue weighted by molar-refractivity contribution is 5.95. The molecule has 1 saturated heterocycles. The first-order valence-electron chi connectivity index (χ1n) is 6.44. The van der Waals surface area contributed by atoms with Crippen LogP contribution in [0.4, 0.5) is 11.4 Å². The molecule has 7 heteroatoms. The zero-order valence-electron chi connectivity index (χ0n) is 10.9. The van der Waals surface area contributed by atoms with Crippen LogP contribution in [0, 0.1) is 10.1 Å². The Morgan fingerprint density at radius 1 is 1.45 bits per heavy atom. The van der Waals surface area contributed by atoms with Crippen molar-refractivity contribution in [3.05, 3.63) is 33.9 Å². The van der Waals surface area contributed by atoms with Crippen LogP contribution in [0.15, 0.2) is 18.2 Å². The topological polar surface area (TPSA) is 104 Å². The molecule has 1 aromatic rings. The summed E-state index contributed by atoms with van der Waals surface area (Å²) in [4.78, 5) is 23.5. The number of piperidine rings is 1. The molecule has 0 amide bonds. The van der Waals surface area contributed by atoms with Crippen molar-refractivity contribution in [1.29, 1.82) is 0 Å². The van der Waals surface area contributed by atoms with E-state index in [0.717, 1.165) is 19.3 Å². The second-order valence-corrected chi connectivity index (χ2v) is 4.76. The molecule has 1 aromatic carbocycles. The monoisotopic (exact) mass is 280 g/mol. The van der Waals surface area contributed by atoms with Crippen LogP contribution in [-0.4, -0.2) is 40.3 Å². The van der Waals surface area contributed by atoms with E-state index in [2.05, 4.69) is 0 Å². The van der Waals surface area contributed by atoms with Crippen LogP contribution >= 0.6 is 0 Å². The molecular formula is C13H16N2O5. The number of carbonyl (C=O) groups is 1. The molecule has 108 valence electrons. The number of benzene rings is 1. The maximum atomic E-state index is 11.2. The molecule has 1 unspecified atom stereocenters. The first kappa shape index (κ1) is 14.3. The van der Waals surface area contributed by atoms with E-state index in [1.807, 2.05) is 0 Å². The number of nitrogens with zero attached hydrogens (tertiary/aromatic N) is 2. The van der Waals surface area contributed by atoms with Gasteiger partial charge in [0, 0.05) is 6.54 Å². The Balaban J connectivity index is 2.52. The van der Waals surface area contributed by atoms with Crippen molar-refractivity contribution in [3.63, 3.8) is 0 Å². The van der Waals surface area contributed by atoms with E-state index in [4.69, 9.17) is 5.11 Å². The number of carboxylic acid groups (broad SMARTS) is 1. The van der Waals surface area contributed by atoms with Crippen molar-refractivity contribution in [1.82, 2.24) is 0 Å². The van der Waals surface area contributed by atoms with Crippen LogP contribution in [0.1, 0.15) is 29.6 Å². The van der Waals surface area contributed by atoms with Gasteiger partial charge in [0.1, 0.15) is 11.3 Å². The molecule has 0 spiro atoms. The lowest BCUT2D eigenvalue weighted by Crippen LogP contribution is -2.42. The predicted molar refractivity (Wildman–Crippen MR) is 72.1 cm³/mol. The molecule has 1 aliphatic heterocycles. The lowest BCUT2D eigenvalue weighted by molar-refractivity contribution is -0.384. The highest BCUT2D eigenvalue weighted by atomic mass is 16.6. The van der Waals surface area contributed by atoms with Crippen molar-refractivity contribution >= 4 is 17.3 Å². The zero-order valence-corrected chi connectivity index (χ0v) is 10.9. The second kappa shape index (κ2) is 5.87. The molecule has 0 bridgehead atoms. The van der Waals surface area contributed by atoms with E-state index < -0.39 is 16.6 Å². The number of rotatable bonds is 4. The first-order chi connectivity index (χ1) is 9.56. The molecule has 1 heterocycles. The maximum Gasteiger partial charge on any atom is 0.342 e. The number of aromatic carboxylic acids is 1. The molecule has 0 aromatic heterocycles. The summed E-state index contributed by atoms with van der Waals surface area (Å²) in [5.74, 6) is -1.32. The Labute approximate surface area is 115 Å². The summed E-state index contributed by atoms with van der Waals surface area (Å²) in [6.45, 7) is 0.476. The molecule has 0 radical (unpaired) electrons. The first-order valence-corrected chi connectivity index (χ1v) is 6.44. The van der Waals surface area contributed by atoms with Gasteiger partial charge in [0.2, 0.25) is 0 Å². The standard InChI is InChI=1S/C13H16N2O5/c16-8-9-4-1-2-7-14(9)11-6-3-5-10(13(17)18)12(11)15(19)20/h3,5-6,9,16H,1-2,4,7-8H2,(H,17,18). The van der Waals surface area contributed by atoms with Crippen LogP contribution in [-0.2, 0) is 0 Å². The van der Waals surface area contributed by atoms with Gasteiger partial charge in [0.25, 0.3) is 0 Å². The molecule has 20 heavy (non-hydrogen) atoms. The normalized spacial score (nSPS) is 18.9. The van der Waals surface area contributed by atoms with Crippen molar-refractivity contribution in [2.24, 2.45) is 0 Å². The van der Waals surface area contributed by atoms with Crippen LogP contribution in [0.2, 0.25) is 0 Å². The number of nitro benzene ring substituents is 1. The summed E-state index contributed by atoms with van der Waals surface area (Å²) < 4.78 is 0. The van der Waals surface area contributed by atoms with Gasteiger partial charge in [-0.05, 0) is 31.4 Å². The summed E-state index contributed by atoms with van der Waals surface area (Å²) in [6.07, 6.45) is 2.56. The lowest BCUT2D eigenvalue weighted by atomic mass is 10.0. The number of hydrogen-bond donors (Lipinski definition) is 2. The van der Waals surface area contributed by atoms with Gasteiger partial charge in [-0.15, -0.1) is 0 Å². The highest BCUT2D eigenvalue weighted by Crippen LogP contribution is 2.35. The third kappa shape index (κ3) is 2.57. The SMILES string of the molecule is O=C(O)c1cccc(N2CCCCC2CO)c1[N+](=O)[O-]. The Morgan fingerprint density at radius 3 is 2.80 bits per heavy atom. The molecule has 0 aliphatic carbocycles. The fourth-order valence-electron chi connectivity index (χ4n) is 2.64. The molecule has 2 N–H and O–H groups in total. The van der Waals surface area contributed by atoms with Crippen LogP contribution in [0.3, 0.4) is 0 Å². The summed E-state index contributed by atoms with van der Waals surface area (Å²) in [6, 6.07) is 4.06.